The molecule has 21 heavy (non-hydrogen) atoms. The van der Waals surface area contributed by atoms with E-state index in [0.717, 1.165) is 19.3 Å². The monoisotopic (exact) mass is 306 g/mol. The number of rotatable bonds is 9. The van der Waals surface area contributed by atoms with Gasteiger partial charge in [-0.3, -0.25) is 0 Å². The third-order valence-corrected chi connectivity index (χ3v) is 3.93. The Hall–Kier alpha value is -0.240. The molecule has 1 fully saturated rings. The van der Waals surface area contributed by atoms with Crippen LogP contribution in [0, 0.1) is 0 Å². The van der Waals surface area contributed by atoms with Gasteiger partial charge in [0.25, 0.3) is 0 Å². The van der Waals surface area contributed by atoms with Gasteiger partial charge in [0.1, 0.15) is 24.4 Å². The lowest BCUT2D eigenvalue weighted by atomic mass is 9.99. The molecular weight excluding hydrogens is 276 g/mol. The minimum atomic E-state index is -1.38. The van der Waals surface area contributed by atoms with Crippen molar-refractivity contribution < 1.29 is 29.9 Å². The fourth-order valence-corrected chi connectivity index (χ4v) is 2.51. The first-order valence-electron chi connectivity index (χ1n) is 7.97. The van der Waals surface area contributed by atoms with E-state index in [4.69, 9.17) is 14.6 Å². The van der Waals surface area contributed by atoms with E-state index >= 15 is 0 Å². The second-order valence-electron chi connectivity index (χ2n) is 5.85. The van der Waals surface area contributed by atoms with Crippen LogP contribution in [0.1, 0.15) is 52.4 Å². The van der Waals surface area contributed by atoms with Gasteiger partial charge in [-0.1, -0.05) is 39.0 Å². The number of aliphatic hydroxyl groups is 4. The van der Waals surface area contributed by atoms with Gasteiger partial charge in [0.05, 0.1) is 12.7 Å². The third kappa shape index (κ3) is 5.81. The van der Waals surface area contributed by atoms with Gasteiger partial charge in [-0.25, -0.2) is 0 Å². The smallest absolute Gasteiger partial charge is 0.186 e. The van der Waals surface area contributed by atoms with Crippen LogP contribution in [0.5, 0.6) is 0 Å². The number of aliphatic hydroxyl groups excluding tert-OH is 4. The molecule has 0 spiro atoms. The van der Waals surface area contributed by atoms with Crippen molar-refractivity contribution in [3.05, 3.63) is 0 Å². The summed E-state index contributed by atoms with van der Waals surface area (Å²) >= 11 is 0. The highest BCUT2D eigenvalue weighted by atomic mass is 16.7. The van der Waals surface area contributed by atoms with Crippen molar-refractivity contribution in [3.63, 3.8) is 0 Å². The Balaban J connectivity index is 2.34. The quantitative estimate of drug-likeness (QED) is 0.464. The third-order valence-electron chi connectivity index (χ3n) is 3.93. The largest absolute Gasteiger partial charge is 0.394 e. The first-order valence-corrected chi connectivity index (χ1v) is 7.97. The molecule has 0 aliphatic carbocycles. The van der Waals surface area contributed by atoms with E-state index in [1.807, 2.05) is 6.92 Å². The summed E-state index contributed by atoms with van der Waals surface area (Å²) in [5.41, 5.74) is 0. The van der Waals surface area contributed by atoms with Gasteiger partial charge in [0, 0.05) is 0 Å². The maximum atomic E-state index is 9.87. The molecule has 6 atom stereocenters. The van der Waals surface area contributed by atoms with Crippen molar-refractivity contribution in [3.8, 4) is 0 Å². The predicted octanol–water partition coefficient (Wildman–Crippen LogP) is 0.552. The Morgan fingerprint density at radius 2 is 1.67 bits per heavy atom. The molecule has 1 aliphatic rings. The molecule has 1 aliphatic heterocycles. The molecule has 1 saturated heterocycles. The molecule has 6 heteroatoms. The van der Waals surface area contributed by atoms with Gasteiger partial charge in [-0.05, 0) is 13.3 Å². The number of hydrogen-bond donors (Lipinski definition) is 4. The van der Waals surface area contributed by atoms with Gasteiger partial charge >= 0.3 is 0 Å². The molecule has 0 aromatic carbocycles. The summed E-state index contributed by atoms with van der Waals surface area (Å²) in [4.78, 5) is 0. The molecule has 0 saturated carbocycles. The maximum absolute atomic E-state index is 9.87. The second-order valence-corrected chi connectivity index (χ2v) is 5.85. The molecule has 0 aromatic heterocycles. The van der Waals surface area contributed by atoms with Crippen LogP contribution >= 0.6 is 0 Å². The number of hydrogen-bond acceptors (Lipinski definition) is 6. The molecule has 0 aromatic rings. The van der Waals surface area contributed by atoms with Gasteiger partial charge in [-0.2, -0.15) is 0 Å². The second kappa shape index (κ2) is 9.71. The fraction of sp³-hybridized carbons (Fsp3) is 1.00. The van der Waals surface area contributed by atoms with Crippen molar-refractivity contribution in [1.29, 1.82) is 0 Å². The van der Waals surface area contributed by atoms with Gasteiger partial charge in [-0.15, -0.1) is 0 Å². The van der Waals surface area contributed by atoms with E-state index in [1.54, 1.807) is 0 Å². The zero-order valence-corrected chi connectivity index (χ0v) is 13.0. The molecule has 4 N–H and O–H groups in total. The molecule has 0 bridgehead atoms. The highest BCUT2D eigenvalue weighted by molar-refractivity contribution is 4.89. The van der Waals surface area contributed by atoms with E-state index in [0.29, 0.717) is 0 Å². The lowest BCUT2D eigenvalue weighted by molar-refractivity contribution is -0.310. The topological polar surface area (TPSA) is 99.4 Å². The average molecular weight is 306 g/mol. The molecular formula is C15H30O6. The van der Waals surface area contributed by atoms with Crippen LogP contribution in [-0.4, -0.2) is 63.8 Å². The Kier molecular flexibility index (Phi) is 8.70. The van der Waals surface area contributed by atoms with E-state index < -0.39 is 37.3 Å². The standard InChI is InChI=1S/C15H30O6/c1-3-4-5-6-7-8-10(2)20-15-14(19)13(18)12(17)11(9-16)21-15/h10-19H,3-9H2,1-2H3/t10?,11?,12-,13?,14?,15-/m1/s1. The average Bonchev–Trinajstić information content (AvgIpc) is 2.47. The summed E-state index contributed by atoms with van der Waals surface area (Å²) < 4.78 is 10.9. The van der Waals surface area contributed by atoms with E-state index in [-0.39, 0.29) is 6.10 Å². The number of unbranched alkanes of at least 4 members (excludes halogenated alkanes) is 4. The summed E-state index contributed by atoms with van der Waals surface area (Å²) in [6, 6.07) is 0. The van der Waals surface area contributed by atoms with Crippen molar-refractivity contribution in [1.82, 2.24) is 0 Å². The van der Waals surface area contributed by atoms with Crippen LogP contribution in [-0.2, 0) is 9.47 Å². The summed E-state index contributed by atoms with van der Waals surface area (Å²) in [6.45, 7) is 3.63. The molecule has 126 valence electrons. The van der Waals surface area contributed by atoms with E-state index in [9.17, 15) is 15.3 Å². The van der Waals surface area contributed by atoms with Crippen molar-refractivity contribution in [2.75, 3.05) is 6.61 Å². The van der Waals surface area contributed by atoms with Crippen LogP contribution in [0.4, 0.5) is 0 Å². The van der Waals surface area contributed by atoms with Crippen molar-refractivity contribution in [2.45, 2.75) is 89.2 Å². The van der Waals surface area contributed by atoms with Crippen LogP contribution in [0.15, 0.2) is 0 Å². The normalized spacial score (nSPS) is 34.9. The minimum Gasteiger partial charge on any atom is -0.394 e. The summed E-state index contributed by atoms with van der Waals surface area (Å²) in [5.74, 6) is 0. The van der Waals surface area contributed by atoms with Crippen LogP contribution in [0.3, 0.4) is 0 Å². The zero-order chi connectivity index (χ0) is 15.8. The summed E-state index contributed by atoms with van der Waals surface area (Å²) in [5, 5.41) is 38.3. The highest BCUT2D eigenvalue weighted by Gasteiger charge is 2.44. The lowest BCUT2D eigenvalue weighted by Gasteiger charge is -2.40. The van der Waals surface area contributed by atoms with Crippen molar-refractivity contribution >= 4 is 0 Å². The minimum absolute atomic E-state index is 0.118. The molecule has 1 heterocycles. The van der Waals surface area contributed by atoms with Crippen LogP contribution < -0.4 is 0 Å². The first kappa shape index (κ1) is 18.8. The molecule has 4 unspecified atom stereocenters. The summed E-state index contributed by atoms with van der Waals surface area (Å²) in [7, 11) is 0. The predicted molar refractivity (Wildman–Crippen MR) is 77.7 cm³/mol. The Bertz CT molecular complexity index is 273. The molecule has 0 radical (unpaired) electrons. The van der Waals surface area contributed by atoms with Crippen molar-refractivity contribution in [2.24, 2.45) is 0 Å². The van der Waals surface area contributed by atoms with Crippen LogP contribution in [0.2, 0.25) is 0 Å². The SMILES string of the molecule is CCCCCCCC(C)O[C@@H]1OC(CO)[C@@H](O)C(O)C1O. The van der Waals surface area contributed by atoms with Gasteiger partial charge in [0.15, 0.2) is 6.29 Å². The Labute approximate surface area is 126 Å². The first-order chi connectivity index (χ1) is 10.0. The lowest BCUT2D eigenvalue weighted by Crippen LogP contribution is -2.59. The molecule has 1 rings (SSSR count). The fourth-order valence-electron chi connectivity index (χ4n) is 2.51. The Morgan fingerprint density at radius 1 is 1.00 bits per heavy atom. The Morgan fingerprint density at radius 3 is 2.29 bits per heavy atom. The highest BCUT2D eigenvalue weighted by Crippen LogP contribution is 2.23. The van der Waals surface area contributed by atoms with E-state index in [2.05, 4.69) is 6.92 Å². The summed E-state index contributed by atoms with van der Waals surface area (Å²) in [6.07, 6.45) is 0.608. The molecule has 6 nitrogen and oxygen atoms in total. The van der Waals surface area contributed by atoms with E-state index in [1.165, 1.54) is 19.3 Å². The maximum Gasteiger partial charge on any atom is 0.186 e. The van der Waals surface area contributed by atoms with Gasteiger partial charge < -0.3 is 29.9 Å². The van der Waals surface area contributed by atoms with Gasteiger partial charge in [0.2, 0.25) is 0 Å². The zero-order valence-electron chi connectivity index (χ0n) is 13.0. The van der Waals surface area contributed by atoms with Crippen LogP contribution in [0.25, 0.3) is 0 Å². The number of ether oxygens (including phenoxy) is 2. The molecule has 0 amide bonds.